The second kappa shape index (κ2) is 5.46. The van der Waals surface area contributed by atoms with E-state index in [0.29, 0.717) is 12.3 Å². The van der Waals surface area contributed by atoms with E-state index in [2.05, 4.69) is 4.98 Å². The summed E-state index contributed by atoms with van der Waals surface area (Å²) in [5.74, 6) is 0.315. The number of hydrogen-bond acceptors (Lipinski definition) is 5. The Balaban J connectivity index is 2.13. The average molecular weight is 274 g/mol. The molecule has 1 aliphatic rings. The molecule has 1 aromatic rings. The van der Waals surface area contributed by atoms with Crippen molar-refractivity contribution in [1.29, 1.82) is 0 Å². The topological polar surface area (TPSA) is 73.1 Å². The molecule has 0 amide bonds. The number of aryl methyl sites for hydroxylation is 1. The van der Waals surface area contributed by atoms with Gasteiger partial charge >= 0.3 is 0 Å². The summed E-state index contributed by atoms with van der Waals surface area (Å²) >= 11 is 1.48. The van der Waals surface area contributed by atoms with Gasteiger partial charge in [0.1, 0.15) is 10.3 Å². The molecule has 2 rings (SSSR count). The molecular formula is C11H18N2O2S2. The zero-order valence-corrected chi connectivity index (χ0v) is 11.4. The van der Waals surface area contributed by atoms with Crippen LogP contribution in [0, 0.1) is 0 Å². The van der Waals surface area contributed by atoms with Crippen LogP contribution in [0.2, 0.25) is 0 Å². The highest BCUT2D eigenvalue weighted by Gasteiger charge is 2.32. The first-order valence-electron chi connectivity index (χ1n) is 5.99. The van der Waals surface area contributed by atoms with E-state index in [1.54, 1.807) is 0 Å². The van der Waals surface area contributed by atoms with Crippen molar-refractivity contribution < 1.29 is 8.42 Å². The minimum Gasteiger partial charge on any atom is -0.330 e. The van der Waals surface area contributed by atoms with Crippen LogP contribution < -0.4 is 5.73 Å². The number of nitrogens with zero attached hydrogens (tertiary/aromatic N) is 1. The Morgan fingerprint density at radius 1 is 1.47 bits per heavy atom. The standard InChI is InChI=1S/C11H18N2O2S2/c12-6-3-4-9-8-16-11(13-9)10-5-1-2-7-17(10,14)15/h8,10H,1-7,12H2. The maximum absolute atomic E-state index is 12.0. The molecule has 1 unspecified atom stereocenters. The van der Waals surface area contributed by atoms with E-state index >= 15 is 0 Å². The normalized spacial score (nSPS) is 23.7. The van der Waals surface area contributed by atoms with Crippen molar-refractivity contribution >= 4 is 21.2 Å². The highest BCUT2D eigenvalue weighted by Crippen LogP contribution is 2.35. The van der Waals surface area contributed by atoms with Gasteiger partial charge in [-0.25, -0.2) is 13.4 Å². The Hall–Kier alpha value is -0.460. The third-order valence-corrected chi connectivity index (χ3v) is 6.40. The van der Waals surface area contributed by atoms with Crippen molar-refractivity contribution in [3.63, 3.8) is 0 Å². The lowest BCUT2D eigenvalue weighted by molar-refractivity contribution is 0.545. The highest BCUT2D eigenvalue weighted by atomic mass is 32.2. The molecule has 0 bridgehead atoms. The Morgan fingerprint density at radius 2 is 2.29 bits per heavy atom. The molecule has 1 saturated heterocycles. The molecular weight excluding hydrogens is 256 g/mol. The molecule has 1 aromatic heterocycles. The van der Waals surface area contributed by atoms with Crippen LogP contribution in [-0.2, 0) is 16.3 Å². The lowest BCUT2D eigenvalue weighted by atomic mass is 10.2. The zero-order valence-electron chi connectivity index (χ0n) is 9.76. The quantitative estimate of drug-likeness (QED) is 0.906. The van der Waals surface area contributed by atoms with Crippen LogP contribution >= 0.6 is 11.3 Å². The summed E-state index contributed by atoms with van der Waals surface area (Å²) in [4.78, 5) is 4.45. The Morgan fingerprint density at radius 3 is 3.00 bits per heavy atom. The van der Waals surface area contributed by atoms with Gasteiger partial charge in [-0.3, -0.25) is 0 Å². The van der Waals surface area contributed by atoms with Gasteiger partial charge in [-0.2, -0.15) is 0 Å². The van der Waals surface area contributed by atoms with Gasteiger partial charge in [0.05, 0.1) is 11.4 Å². The summed E-state index contributed by atoms with van der Waals surface area (Å²) in [5.41, 5.74) is 6.43. The van der Waals surface area contributed by atoms with E-state index in [-0.39, 0.29) is 5.25 Å². The molecule has 6 heteroatoms. The van der Waals surface area contributed by atoms with E-state index in [0.717, 1.165) is 42.8 Å². The predicted octanol–water partition coefficient (Wildman–Crippen LogP) is 1.67. The molecule has 1 fully saturated rings. The molecule has 2 heterocycles. The van der Waals surface area contributed by atoms with Gasteiger partial charge in [0.15, 0.2) is 9.84 Å². The highest BCUT2D eigenvalue weighted by molar-refractivity contribution is 7.91. The predicted molar refractivity (Wildman–Crippen MR) is 69.9 cm³/mol. The smallest absolute Gasteiger partial charge is 0.159 e. The van der Waals surface area contributed by atoms with E-state index in [1.165, 1.54) is 11.3 Å². The van der Waals surface area contributed by atoms with Crippen LogP contribution in [0.5, 0.6) is 0 Å². The summed E-state index contributed by atoms with van der Waals surface area (Å²) in [7, 11) is -2.96. The number of rotatable bonds is 4. The molecule has 4 nitrogen and oxygen atoms in total. The fraction of sp³-hybridized carbons (Fsp3) is 0.727. The van der Waals surface area contributed by atoms with Gasteiger partial charge < -0.3 is 5.73 Å². The van der Waals surface area contributed by atoms with Crippen LogP contribution in [0.1, 0.15) is 41.6 Å². The molecule has 0 saturated carbocycles. The lowest BCUT2D eigenvalue weighted by Crippen LogP contribution is -2.21. The van der Waals surface area contributed by atoms with E-state index < -0.39 is 9.84 Å². The van der Waals surface area contributed by atoms with E-state index in [4.69, 9.17) is 5.73 Å². The van der Waals surface area contributed by atoms with Crippen molar-refractivity contribution in [2.75, 3.05) is 12.3 Å². The summed E-state index contributed by atoms with van der Waals surface area (Å²) in [6, 6.07) is 0. The molecule has 0 radical (unpaired) electrons. The first kappa shape index (κ1) is 13.0. The number of aromatic nitrogens is 1. The fourth-order valence-corrected chi connectivity index (χ4v) is 5.35. The van der Waals surface area contributed by atoms with Crippen LogP contribution in [0.15, 0.2) is 5.38 Å². The molecule has 2 N–H and O–H groups in total. The monoisotopic (exact) mass is 274 g/mol. The Bertz CT molecular complexity index is 468. The number of sulfone groups is 1. The van der Waals surface area contributed by atoms with Gasteiger partial charge in [0, 0.05) is 5.38 Å². The fourth-order valence-electron chi connectivity index (χ4n) is 2.10. The maximum atomic E-state index is 12.0. The van der Waals surface area contributed by atoms with E-state index in [9.17, 15) is 8.42 Å². The summed E-state index contributed by atoms with van der Waals surface area (Å²) in [6.07, 6.45) is 4.26. The van der Waals surface area contributed by atoms with Crippen LogP contribution in [0.4, 0.5) is 0 Å². The van der Waals surface area contributed by atoms with Crippen molar-refractivity contribution in [3.8, 4) is 0 Å². The van der Waals surface area contributed by atoms with Gasteiger partial charge in [0.25, 0.3) is 0 Å². The largest absolute Gasteiger partial charge is 0.330 e. The van der Waals surface area contributed by atoms with Crippen molar-refractivity contribution in [3.05, 3.63) is 16.1 Å². The molecule has 0 spiro atoms. The molecule has 17 heavy (non-hydrogen) atoms. The first-order chi connectivity index (χ1) is 8.13. The third-order valence-electron chi connectivity index (χ3n) is 3.06. The van der Waals surface area contributed by atoms with Crippen molar-refractivity contribution in [2.45, 2.75) is 37.4 Å². The van der Waals surface area contributed by atoms with Crippen LogP contribution in [0.25, 0.3) is 0 Å². The zero-order chi connectivity index (χ0) is 12.3. The maximum Gasteiger partial charge on any atom is 0.159 e. The second-order valence-corrected chi connectivity index (χ2v) is 7.61. The van der Waals surface area contributed by atoms with Gasteiger partial charge in [-0.05, 0) is 32.2 Å². The van der Waals surface area contributed by atoms with Crippen molar-refractivity contribution in [1.82, 2.24) is 4.98 Å². The molecule has 1 atom stereocenters. The minimum absolute atomic E-state index is 0.315. The molecule has 0 aromatic carbocycles. The van der Waals surface area contributed by atoms with E-state index in [1.807, 2.05) is 5.38 Å². The van der Waals surface area contributed by atoms with Crippen molar-refractivity contribution in [2.24, 2.45) is 5.73 Å². The SMILES string of the molecule is NCCCc1csc(C2CCCCS2(=O)=O)n1. The minimum atomic E-state index is -2.96. The molecule has 0 aliphatic carbocycles. The number of nitrogens with two attached hydrogens (primary N) is 1. The van der Waals surface area contributed by atoms with Crippen LogP contribution in [0.3, 0.4) is 0 Å². The second-order valence-electron chi connectivity index (χ2n) is 4.42. The van der Waals surface area contributed by atoms with Crippen LogP contribution in [-0.4, -0.2) is 25.7 Å². The summed E-state index contributed by atoms with van der Waals surface area (Å²) in [6.45, 7) is 0.647. The lowest BCUT2D eigenvalue weighted by Gasteiger charge is -2.19. The number of thiazole rings is 1. The number of hydrogen-bond donors (Lipinski definition) is 1. The molecule has 1 aliphatic heterocycles. The van der Waals surface area contributed by atoms with Gasteiger partial charge in [0.2, 0.25) is 0 Å². The molecule has 96 valence electrons. The third kappa shape index (κ3) is 3.05. The Labute approximate surface area is 106 Å². The van der Waals surface area contributed by atoms with Gasteiger partial charge in [-0.1, -0.05) is 6.42 Å². The first-order valence-corrected chi connectivity index (χ1v) is 8.59. The summed E-state index contributed by atoms with van der Waals surface area (Å²) in [5, 5.41) is 2.39. The average Bonchev–Trinajstić information content (AvgIpc) is 2.74. The van der Waals surface area contributed by atoms with Gasteiger partial charge in [-0.15, -0.1) is 11.3 Å². The Kier molecular flexibility index (Phi) is 4.17. The summed E-state index contributed by atoms with van der Waals surface area (Å²) < 4.78 is 23.9.